The second-order valence-corrected chi connectivity index (χ2v) is 10.8. The number of aliphatic hydroxyl groups is 1. The third-order valence-corrected chi connectivity index (χ3v) is 9.04. The fraction of sp³-hybridized carbons (Fsp3) is 0.792. The van der Waals surface area contributed by atoms with Gasteiger partial charge in [0.2, 0.25) is 0 Å². The van der Waals surface area contributed by atoms with Crippen LogP contribution in [0, 0.1) is 34.5 Å². The third kappa shape index (κ3) is 2.95. The summed E-state index contributed by atoms with van der Waals surface area (Å²) in [5, 5.41) is 11.4. The molecule has 5 nitrogen and oxygen atoms in total. The summed E-state index contributed by atoms with van der Waals surface area (Å²) in [6.07, 6.45) is 5.83. The van der Waals surface area contributed by atoms with Crippen LogP contribution in [0.3, 0.4) is 0 Å². The summed E-state index contributed by atoms with van der Waals surface area (Å²) >= 11 is 0. The predicted octanol–water partition coefficient (Wildman–Crippen LogP) is 3.63. The molecule has 3 fully saturated rings. The van der Waals surface area contributed by atoms with Crippen LogP contribution in [0.15, 0.2) is 11.6 Å². The van der Waals surface area contributed by atoms with Gasteiger partial charge in [-0.05, 0) is 86.2 Å². The van der Waals surface area contributed by atoms with Gasteiger partial charge in [-0.15, -0.1) is 0 Å². The summed E-state index contributed by atoms with van der Waals surface area (Å²) < 4.78 is 5.64. The Hall–Kier alpha value is -1.49. The molecule has 3 saturated carbocycles. The summed E-state index contributed by atoms with van der Waals surface area (Å²) in [6.45, 7) is 9.29. The van der Waals surface area contributed by atoms with Crippen LogP contribution in [-0.4, -0.2) is 34.3 Å². The maximum absolute atomic E-state index is 12.6. The van der Waals surface area contributed by atoms with E-state index in [9.17, 15) is 19.5 Å². The van der Waals surface area contributed by atoms with Crippen molar-refractivity contribution in [2.75, 3.05) is 0 Å². The molecule has 0 amide bonds. The lowest BCUT2D eigenvalue weighted by atomic mass is 9.44. The van der Waals surface area contributed by atoms with Crippen molar-refractivity contribution >= 4 is 17.5 Å². The van der Waals surface area contributed by atoms with Gasteiger partial charge in [0.25, 0.3) is 0 Å². The second kappa shape index (κ2) is 6.50. The highest BCUT2D eigenvalue weighted by Crippen LogP contribution is 2.68. The minimum absolute atomic E-state index is 0.0947. The number of rotatable bonds is 2. The molecule has 0 radical (unpaired) electrons. The molecule has 0 bridgehead atoms. The van der Waals surface area contributed by atoms with Crippen molar-refractivity contribution in [3.63, 3.8) is 0 Å². The van der Waals surface area contributed by atoms with E-state index in [0.717, 1.165) is 24.8 Å². The van der Waals surface area contributed by atoms with Gasteiger partial charge in [-0.1, -0.05) is 13.8 Å². The zero-order valence-electron chi connectivity index (χ0n) is 18.3. The molecule has 0 aliphatic heterocycles. The molecule has 5 heteroatoms. The molecule has 0 saturated heterocycles. The second-order valence-electron chi connectivity index (χ2n) is 10.8. The Morgan fingerprint density at radius 2 is 1.83 bits per heavy atom. The molecule has 4 aliphatic carbocycles. The standard InChI is InChI=1S/C24H34O5/c1-13(25)21-19(29-14(2)26)11-18-16-12-24(5,28)20-10-15(27)6-8-22(20,3)17(16)7-9-23(18,21)4/h10,16-19,21,28H,6-9,11-12H2,1-5H3/t16-,17+,18+,19?,21+,22-,23+,24?/m1/s1. The molecule has 160 valence electrons. The summed E-state index contributed by atoms with van der Waals surface area (Å²) in [6, 6.07) is 0. The van der Waals surface area contributed by atoms with Gasteiger partial charge in [-0.3, -0.25) is 14.4 Å². The first kappa shape index (κ1) is 20.8. The Morgan fingerprint density at radius 3 is 2.45 bits per heavy atom. The zero-order chi connectivity index (χ0) is 21.4. The summed E-state index contributed by atoms with van der Waals surface area (Å²) in [7, 11) is 0. The van der Waals surface area contributed by atoms with Crippen LogP contribution in [0.2, 0.25) is 0 Å². The Labute approximate surface area is 173 Å². The van der Waals surface area contributed by atoms with Gasteiger partial charge in [0.15, 0.2) is 5.78 Å². The van der Waals surface area contributed by atoms with E-state index in [0.29, 0.717) is 25.2 Å². The molecule has 0 aromatic heterocycles. The van der Waals surface area contributed by atoms with Crippen molar-refractivity contribution in [2.24, 2.45) is 34.5 Å². The Bertz CT molecular complexity index is 795. The molecule has 29 heavy (non-hydrogen) atoms. The number of carbonyl (C=O) groups is 3. The normalized spacial score (nSPS) is 48.8. The van der Waals surface area contributed by atoms with Crippen molar-refractivity contribution in [2.45, 2.75) is 84.8 Å². The topological polar surface area (TPSA) is 80.7 Å². The van der Waals surface area contributed by atoms with Crippen LogP contribution in [-0.2, 0) is 19.1 Å². The lowest BCUT2D eigenvalue weighted by Crippen LogP contribution is -2.57. The van der Waals surface area contributed by atoms with E-state index in [1.165, 1.54) is 6.92 Å². The molecule has 0 aromatic rings. The first-order valence-corrected chi connectivity index (χ1v) is 11.1. The maximum Gasteiger partial charge on any atom is 0.302 e. The van der Waals surface area contributed by atoms with E-state index in [4.69, 9.17) is 4.74 Å². The number of hydrogen-bond donors (Lipinski definition) is 1. The van der Waals surface area contributed by atoms with Crippen molar-refractivity contribution in [3.05, 3.63) is 11.6 Å². The summed E-state index contributed by atoms with van der Waals surface area (Å²) in [5.74, 6) is 0.451. The summed E-state index contributed by atoms with van der Waals surface area (Å²) in [5.41, 5.74) is -0.517. The van der Waals surface area contributed by atoms with Crippen molar-refractivity contribution in [1.29, 1.82) is 0 Å². The number of carbonyl (C=O) groups excluding carboxylic acids is 3. The summed E-state index contributed by atoms with van der Waals surface area (Å²) in [4.78, 5) is 36.5. The van der Waals surface area contributed by atoms with E-state index in [2.05, 4.69) is 13.8 Å². The van der Waals surface area contributed by atoms with E-state index in [1.54, 1.807) is 13.0 Å². The third-order valence-electron chi connectivity index (χ3n) is 9.04. The molecule has 4 aliphatic rings. The zero-order valence-corrected chi connectivity index (χ0v) is 18.3. The lowest BCUT2D eigenvalue weighted by molar-refractivity contribution is -0.151. The Kier molecular flexibility index (Phi) is 4.66. The quantitative estimate of drug-likeness (QED) is 0.714. The number of ether oxygens (including phenoxy) is 1. The van der Waals surface area contributed by atoms with Crippen LogP contribution in [0.5, 0.6) is 0 Å². The van der Waals surface area contributed by atoms with Crippen LogP contribution < -0.4 is 0 Å². The highest BCUT2D eigenvalue weighted by atomic mass is 16.5. The van der Waals surface area contributed by atoms with E-state index >= 15 is 0 Å². The van der Waals surface area contributed by atoms with Gasteiger partial charge in [0, 0.05) is 13.3 Å². The van der Waals surface area contributed by atoms with E-state index < -0.39 is 5.60 Å². The van der Waals surface area contributed by atoms with Gasteiger partial charge in [-0.25, -0.2) is 0 Å². The number of hydrogen-bond acceptors (Lipinski definition) is 5. The Morgan fingerprint density at radius 1 is 1.14 bits per heavy atom. The largest absolute Gasteiger partial charge is 0.462 e. The predicted molar refractivity (Wildman–Crippen MR) is 108 cm³/mol. The lowest BCUT2D eigenvalue weighted by Gasteiger charge is -2.61. The molecular weight excluding hydrogens is 368 g/mol. The molecular formula is C24H34O5. The highest BCUT2D eigenvalue weighted by molar-refractivity contribution is 5.92. The average molecular weight is 403 g/mol. The van der Waals surface area contributed by atoms with Crippen molar-refractivity contribution in [1.82, 2.24) is 0 Å². The SMILES string of the molecule is CC(=O)OC1C[C@H]2[C@@H]3CC(C)(O)C4=CC(=O)CC[C@]4(C)[C@H]3CC[C@]2(C)[C@H]1C(C)=O. The first-order valence-electron chi connectivity index (χ1n) is 11.1. The van der Waals surface area contributed by atoms with Crippen LogP contribution in [0.25, 0.3) is 0 Å². The first-order chi connectivity index (χ1) is 13.4. The number of Topliss-reactive ketones (excluding diaryl/α,β-unsaturated/α-hetero) is 1. The minimum Gasteiger partial charge on any atom is -0.462 e. The molecule has 2 unspecified atom stereocenters. The van der Waals surface area contributed by atoms with E-state index in [1.807, 2.05) is 6.92 Å². The number of esters is 1. The molecule has 1 N–H and O–H groups in total. The highest BCUT2D eigenvalue weighted by Gasteiger charge is 2.65. The van der Waals surface area contributed by atoms with Gasteiger partial charge in [0.05, 0.1) is 11.5 Å². The van der Waals surface area contributed by atoms with Gasteiger partial charge >= 0.3 is 5.97 Å². The van der Waals surface area contributed by atoms with Gasteiger partial charge in [0.1, 0.15) is 11.9 Å². The van der Waals surface area contributed by atoms with Crippen molar-refractivity contribution in [3.8, 4) is 0 Å². The van der Waals surface area contributed by atoms with Crippen LogP contribution in [0.4, 0.5) is 0 Å². The maximum atomic E-state index is 12.6. The van der Waals surface area contributed by atoms with Crippen LogP contribution in [0.1, 0.15) is 73.1 Å². The number of ketones is 2. The van der Waals surface area contributed by atoms with Gasteiger partial charge < -0.3 is 9.84 Å². The fourth-order valence-corrected chi connectivity index (χ4v) is 8.05. The molecule has 0 aromatic carbocycles. The monoisotopic (exact) mass is 402 g/mol. The minimum atomic E-state index is -1.02. The number of fused-ring (bicyclic) bond motifs is 5. The molecule has 8 atom stereocenters. The smallest absolute Gasteiger partial charge is 0.302 e. The fourth-order valence-electron chi connectivity index (χ4n) is 8.05. The van der Waals surface area contributed by atoms with Crippen molar-refractivity contribution < 1.29 is 24.2 Å². The van der Waals surface area contributed by atoms with Gasteiger partial charge in [-0.2, -0.15) is 0 Å². The molecule has 0 heterocycles. The average Bonchev–Trinajstić information content (AvgIpc) is 2.88. The Balaban J connectivity index is 1.75. The molecule has 4 rings (SSSR count). The van der Waals surface area contributed by atoms with Crippen LogP contribution >= 0.6 is 0 Å². The van der Waals surface area contributed by atoms with E-state index in [-0.39, 0.29) is 52.2 Å². The molecule has 0 spiro atoms.